The maximum atomic E-state index is 13.4. The lowest BCUT2D eigenvalue weighted by Gasteiger charge is -2.22. The molecule has 0 fully saturated rings. The Hall–Kier alpha value is -1.13. The van der Waals surface area contributed by atoms with Gasteiger partial charge in [0.1, 0.15) is 0 Å². The minimum atomic E-state index is -0.687. The number of rotatable bonds is 4. The summed E-state index contributed by atoms with van der Waals surface area (Å²) in [7, 11) is 1.40. The van der Waals surface area contributed by atoms with Gasteiger partial charge in [0.15, 0.2) is 11.6 Å². The van der Waals surface area contributed by atoms with Gasteiger partial charge in [-0.2, -0.15) is 0 Å². The summed E-state index contributed by atoms with van der Waals surface area (Å²) >= 11 is 0. The third-order valence-corrected chi connectivity index (χ3v) is 2.61. The van der Waals surface area contributed by atoms with Gasteiger partial charge in [0, 0.05) is 0 Å². The second-order valence-corrected chi connectivity index (χ2v) is 4.15. The van der Waals surface area contributed by atoms with E-state index in [-0.39, 0.29) is 11.7 Å². The Morgan fingerprint density at radius 3 is 2.44 bits per heavy atom. The van der Waals surface area contributed by atoms with E-state index in [9.17, 15) is 9.50 Å². The van der Waals surface area contributed by atoms with E-state index >= 15 is 0 Å². The summed E-state index contributed by atoms with van der Waals surface area (Å²) in [5.74, 6) is -0.262. The van der Waals surface area contributed by atoms with Gasteiger partial charge in [-0.1, -0.05) is 19.9 Å². The molecule has 0 aliphatic rings. The summed E-state index contributed by atoms with van der Waals surface area (Å²) in [6, 6.07) is 3.89. The number of aliphatic hydroxyl groups excluding tert-OH is 1. The topological polar surface area (TPSA) is 55.5 Å². The lowest BCUT2D eigenvalue weighted by molar-refractivity contribution is 0.0978. The molecule has 1 aromatic rings. The highest BCUT2D eigenvalue weighted by atomic mass is 19.1. The molecule has 0 saturated carbocycles. The zero-order valence-corrected chi connectivity index (χ0v) is 9.77. The van der Waals surface area contributed by atoms with Crippen molar-refractivity contribution >= 4 is 0 Å². The maximum absolute atomic E-state index is 13.4. The standard InChI is InChI=1S/C12H18FNO2/c1-7(2)12(15)11(14)8-4-5-10(16-3)9(13)6-8/h4-7,11-12,15H,14H2,1-3H3/t11-,12+/m0/s1. The van der Waals surface area contributed by atoms with Crippen LogP contribution in [-0.2, 0) is 0 Å². The van der Waals surface area contributed by atoms with Crippen LogP contribution in [0.1, 0.15) is 25.5 Å². The number of hydrogen-bond donors (Lipinski definition) is 2. The van der Waals surface area contributed by atoms with Gasteiger partial charge in [0.25, 0.3) is 0 Å². The smallest absolute Gasteiger partial charge is 0.165 e. The molecular formula is C12H18FNO2. The van der Waals surface area contributed by atoms with E-state index in [1.807, 2.05) is 13.8 Å². The average Bonchev–Trinajstić information content (AvgIpc) is 2.26. The van der Waals surface area contributed by atoms with Crippen LogP contribution in [0.25, 0.3) is 0 Å². The molecule has 3 nitrogen and oxygen atoms in total. The third-order valence-electron chi connectivity index (χ3n) is 2.61. The van der Waals surface area contributed by atoms with Crippen LogP contribution in [0.5, 0.6) is 5.75 Å². The molecule has 1 rings (SSSR count). The summed E-state index contributed by atoms with van der Waals surface area (Å²) < 4.78 is 18.2. The number of ether oxygens (including phenoxy) is 1. The fourth-order valence-corrected chi connectivity index (χ4v) is 1.50. The predicted molar refractivity (Wildman–Crippen MR) is 60.7 cm³/mol. The molecule has 4 heteroatoms. The summed E-state index contributed by atoms with van der Waals surface area (Å²) in [6.07, 6.45) is -0.687. The fraction of sp³-hybridized carbons (Fsp3) is 0.500. The molecule has 3 N–H and O–H groups in total. The Kier molecular flexibility index (Phi) is 4.26. The van der Waals surface area contributed by atoms with Crippen LogP contribution in [0.4, 0.5) is 4.39 Å². The molecule has 0 unspecified atom stereocenters. The molecule has 0 radical (unpaired) electrons. The number of nitrogens with two attached hydrogens (primary N) is 1. The molecule has 0 aliphatic heterocycles. The molecule has 0 saturated heterocycles. The fourth-order valence-electron chi connectivity index (χ4n) is 1.50. The number of halogens is 1. The first-order valence-electron chi connectivity index (χ1n) is 5.24. The van der Waals surface area contributed by atoms with Crippen LogP contribution in [0.15, 0.2) is 18.2 Å². The van der Waals surface area contributed by atoms with Gasteiger partial charge < -0.3 is 15.6 Å². The van der Waals surface area contributed by atoms with Crippen LogP contribution < -0.4 is 10.5 Å². The van der Waals surface area contributed by atoms with E-state index in [1.54, 1.807) is 6.07 Å². The van der Waals surface area contributed by atoms with E-state index in [0.717, 1.165) is 0 Å². The molecule has 0 bridgehead atoms. The van der Waals surface area contributed by atoms with Gasteiger partial charge in [-0.15, -0.1) is 0 Å². The Bertz CT molecular complexity index is 355. The highest BCUT2D eigenvalue weighted by Gasteiger charge is 2.21. The van der Waals surface area contributed by atoms with Crippen molar-refractivity contribution in [2.24, 2.45) is 11.7 Å². The zero-order valence-electron chi connectivity index (χ0n) is 9.77. The molecular weight excluding hydrogens is 209 g/mol. The van der Waals surface area contributed by atoms with Crippen molar-refractivity contribution in [1.29, 1.82) is 0 Å². The Labute approximate surface area is 95.0 Å². The molecule has 0 aromatic heterocycles. The molecule has 0 amide bonds. The van der Waals surface area contributed by atoms with Gasteiger partial charge in [-0.3, -0.25) is 0 Å². The maximum Gasteiger partial charge on any atom is 0.165 e. The van der Waals surface area contributed by atoms with Gasteiger partial charge in [0.2, 0.25) is 0 Å². The first-order valence-corrected chi connectivity index (χ1v) is 5.24. The molecule has 90 valence electrons. The van der Waals surface area contributed by atoms with Crippen molar-refractivity contribution in [3.05, 3.63) is 29.6 Å². The van der Waals surface area contributed by atoms with Crippen molar-refractivity contribution in [3.8, 4) is 5.75 Å². The normalized spacial score (nSPS) is 14.9. The van der Waals surface area contributed by atoms with Crippen LogP contribution in [-0.4, -0.2) is 18.3 Å². The monoisotopic (exact) mass is 227 g/mol. The lowest BCUT2D eigenvalue weighted by Crippen LogP contribution is -2.30. The van der Waals surface area contributed by atoms with Crippen LogP contribution in [0.2, 0.25) is 0 Å². The molecule has 16 heavy (non-hydrogen) atoms. The highest BCUT2D eigenvalue weighted by molar-refractivity contribution is 5.31. The van der Waals surface area contributed by atoms with Gasteiger partial charge in [0.05, 0.1) is 19.3 Å². The number of benzene rings is 1. The molecule has 0 heterocycles. The van der Waals surface area contributed by atoms with Crippen molar-refractivity contribution in [3.63, 3.8) is 0 Å². The number of hydrogen-bond acceptors (Lipinski definition) is 3. The minimum absolute atomic E-state index is 0.0279. The van der Waals surface area contributed by atoms with E-state index < -0.39 is 18.0 Å². The SMILES string of the molecule is COc1ccc([C@H](N)[C@H](O)C(C)C)cc1F. The lowest BCUT2D eigenvalue weighted by atomic mass is 9.94. The van der Waals surface area contributed by atoms with Crippen molar-refractivity contribution < 1.29 is 14.2 Å². The predicted octanol–water partition coefficient (Wildman–Crippen LogP) is 1.85. The first kappa shape index (κ1) is 12.9. The van der Waals surface area contributed by atoms with Gasteiger partial charge in [-0.05, 0) is 23.6 Å². The molecule has 1 aromatic carbocycles. The second kappa shape index (κ2) is 5.27. The van der Waals surface area contributed by atoms with Gasteiger partial charge >= 0.3 is 0 Å². The van der Waals surface area contributed by atoms with E-state index in [1.165, 1.54) is 19.2 Å². The quantitative estimate of drug-likeness (QED) is 0.825. The second-order valence-electron chi connectivity index (χ2n) is 4.15. The Balaban J connectivity index is 2.92. The summed E-state index contributed by atoms with van der Waals surface area (Å²) in [5, 5.41) is 9.79. The Morgan fingerprint density at radius 2 is 2.00 bits per heavy atom. The third kappa shape index (κ3) is 2.71. The van der Waals surface area contributed by atoms with Crippen LogP contribution >= 0.6 is 0 Å². The summed E-state index contributed by atoms with van der Waals surface area (Å²) in [6.45, 7) is 3.73. The van der Waals surface area contributed by atoms with Crippen LogP contribution in [0.3, 0.4) is 0 Å². The number of methoxy groups -OCH3 is 1. The van der Waals surface area contributed by atoms with Crippen LogP contribution in [0, 0.1) is 11.7 Å². The summed E-state index contributed by atoms with van der Waals surface area (Å²) in [5.41, 5.74) is 6.41. The molecule has 0 spiro atoms. The van der Waals surface area contributed by atoms with E-state index in [0.29, 0.717) is 5.56 Å². The van der Waals surface area contributed by atoms with E-state index in [2.05, 4.69) is 0 Å². The van der Waals surface area contributed by atoms with Gasteiger partial charge in [-0.25, -0.2) is 4.39 Å². The summed E-state index contributed by atoms with van der Waals surface area (Å²) in [4.78, 5) is 0. The highest BCUT2D eigenvalue weighted by Crippen LogP contribution is 2.24. The molecule has 2 atom stereocenters. The van der Waals surface area contributed by atoms with Crippen molar-refractivity contribution in [1.82, 2.24) is 0 Å². The minimum Gasteiger partial charge on any atom is -0.494 e. The van der Waals surface area contributed by atoms with Crippen molar-refractivity contribution in [2.45, 2.75) is 26.0 Å². The van der Waals surface area contributed by atoms with Crippen molar-refractivity contribution in [2.75, 3.05) is 7.11 Å². The molecule has 0 aliphatic carbocycles. The largest absolute Gasteiger partial charge is 0.494 e. The zero-order chi connectivity index (χ0) is 12.3. The average molecular weight is 227 g/mol. The van der Waals surface area contributed by atoms with E-state index in [4.69, 9.17) is 10.5 Å². The Morgan fingerprint density at radius 1 is 1.38 bits per heavy atom. The number of aliphatic hydroxyl groups is 1. The first-order chi connectivity index (χ1) is 7.47.